The molecule has 0 spiro atoms. The van der Waals surface area contributed by atoms with Crippen LogP contribution >= 0.6 is 0 Å². The average molecular weight is 198 g/mol. The Balaban J connectivity index is 3.23. The Morgan fingerprint density at radius 1 is 1.43 bits per heavy atom. The van der Waals surface area contributed by atoms with Gasteiger partial charge in [-0.2, -0.15) is 0 Å². The molecule has 0 fully saturated rings. The van der Waals surface area contributed by atoms with Gasteiger partial charge >= 0.3 is 0 Å². The molecule has 0 bridgehead atoms. The van der Waals surface area contributed by atoms with Crippen molar-refractivity contribution in [3.63, 3.8) is 0 Å². The molecule has 0 aliphatic rings. The Morgan fingerprint density at radius 2 is 2.07 bits per heavy atom. The van der Waals surface area contributed by atoms with Gasteiger partial charge in [-0.1, -0.05) is 13.8 Å². The van der Waals surface area contributed by atoms with Crippen LogP contribution in [0.1, 0.15) is 19.4 Å². The first-order chi connectivity index (χ1) is 6.51. The first kappa shape index (κ1) is 11.0. The van der Waals surface area contributed by atoms with E-state index in [-0.39, 0.29) is 12.4 Å². The Kier molecular flexibility index (Phi) is 3.11. The van der Waals surface area contributed by atoms with E-state index in [2.05, 4.69) is 0 Å². The number of aliphatic hydroxyl groups is 1. The van der Waals surface area contributed by atoms with Crippen LogP contribution in [0.4, 0.5) is 4.39 Å². The third kappa shape index (κ3) is 2.04. The molecular formula is C11H15FO2. The van der Waals surface area contributed by atoms with Gasteiger partial charge in [0.25, 0.3) is 0 Å². The molecule has 0 aliphatic carbocycles. The second kappa shape index (κ2) is 3.96. The van der Waals surface area contributed by atoms with E-state index in [4.69, 9.17) is 4.74 Å². The molecule has 0 radical (unpaired) electrons. The molecule has 78 valence electrons. The molecule has 14 heavy (non-hydrogen) atoms. The maximum Gasteiger partial charge on any atom is 0.123 e. The minimum Gasteiger partial charge on any atom is -0.496 e. The fourth-order valence-corrected chi connectivity index (χ4v) is 1.29. The Morgan fingerprint density at radius 3 is 2.57 bits per heavy atom. The van der Waals surface area contributed by atoms with Crippen LogP contribution in [0.25, 0.3) is 0 Å². The second-order valence-electron chi connectivity index (χ2n) is 3.89. The summed E-state index contributed by atoms with van der Waals surface area (Å²) in [6, 6.07) is 4.31. The van der Waals surface area contributed by atoms with Crippen LogP contribution in [0.5, 0.6) is 5.75 Å². The van der Waals surface area contributed by atoms with Crippen molar-refractivity contribution in [1.82, 2.24) is 0 Å². The number of rotatable bonds is 3. The molecule has 3 heteroatoms. The van der Waals surface area contributed by atoms with Crippen molar-refractivity contribution >= 4 is 0 Å². The Hall–Kier alpha value is -1.09. The summed E-state index contributed by atoms with van der Waals surface area (Å²) in [7, 11) is 1.53. The van der Waals surface area contributed by atoms with E-state index in [0.29, 0.717) is 11.3 Å². The van der Waals surface area contributed by atoms with Gasteiger partial charge in [-0.25, -0.2) is 4.39 Å². The molecule has 0 amide bonds. The van der Waals surface area contributed by atoms with Crippen molar-refractivity contribution in [2.24, 2.45) is 0 Å². The molecule has 0 saturated heterocycles. The van der Waals surface area contributed by atoms with Crippen LogP contribution < -0.4 is 4.74 Å². The highest BCUT2D eigenvalue weighted by Gasteiger charge is 2.23. The van der Waals surface area contributed by atoms with Gasteiger partial charge in [0.15, 0.2) is 0 Å². The van der Waals surface area contributed by atoms with Crippen molar-refractivity contribution in [1.29, 1.82) is 0 Å². The predicted octanol–water partition coefficient (Wildman–Crippen LogP) is 2.10. The lowest BCUT2D eigenvalue weighted by Gasteiger charge is -2.24. The number of ether oxygens (including phenoxy) is 1. The van der Waals surface area contributed by atoms with Crippen molar-refractivity contribution < 1.29 is 14.2 Å². The summed E-state index contributed by atoms with van der Waals surface area (Å²) >= 11 is 0. The first-order valence-electron chi connectivity index (χ1n) is 4.46. The summed E-state index contributed by atoms with van der Waals surface area (Å²) in [5, 5.41) is 9.18. The zero-order valence-electron chi connectivity index (χ0n) is 8.67. The lowest BCUT2D eigenvalue weighted by Crippen LogP contribution is -2.23. The molecule has 1 aromatic rings. The van der Waals surface area contributed by atoms with Gasteiger partial charge in [0.1, 0.15) is 11.6 Å². The van der Waals surface area contributed by atoms with E-state index in [1.54, 1.807) is 6.07 Å². The van der Waals surface area contributed by atoms with E-state index in [1.807, 2.05) is 13.8 Å². The third-order valence-corrected chi connectivity index (χ3v) is 2.29. The van der Waals surface area contributed by atoms with Crippen molar-refractivity contribution in [2.75, 3.05) is 13.7 Å². The SMILES string of the molecule is COc1ccc(F)cc1C(C)(C)CO. The summed E-state index contributed by atoms with van der Waals surface area (Å²) in [5.74, 6) is 0.285. The highest BCUT2D eigenvalue weighted by Crippen LogP contribution is 2.31. The Bertz CT molecular complexity index is 321. The quantitative estimate of drug-likeness (QED) is 0.806. The molecular weight excluding hydrogens is 183 g/mol. The zero-order chi connectivity index (χ0) is 10.8. The third-order valence-electron chi connectivity index (χ3n) is 2.29. The van der Waals surface area contributed by atoms with Gasteiger partial charge in [0, 0.05) is 11.0 Å². The average Bonchev–Trinajstić information content (AvgIpc) is 2.18. The largest absolute Gasteiger partial charge is 0.496 e. The summed E-state index contributed by atoms with van der Waals surface area (Å²) in [4.78, 5) is 0. The van der Waals surface area contributed by atoms with Gasteiger partial charge in [-0.3, -0.25) is 0 Å². The predicted molar refractivity (Wildman–Crippen MR) is 53.1 cm³/mol. The number of aliphatic hydroxyl groups excluding tert-OH is 1. The van der Waals surface area contributed by atoms with E-state index in [0.717, 1.165) is 0 Å². The van der Waals surface area contributed by atoms with Gasteiger partial charge < -0.3 is 9.84 Å². The van der Waals surface area contributed by atoms with E-state index >= 15 is 0 Å². The highest BCUT2D eigenvalue weighted by atomic mass is 19.1. The maximum atomic E-state index is 13.0. The van der Waals surface area contributed by atoms with Gasteiger partial charge in [-0.15, -0.1) is 0 Å². The standard InChI is InChI=1S/C11H15FO2/c1-11(2,7-13)9-6-8(12)4-5-10(9)14-3/h4-6,13H,7H2,1-3H3. The molecule has 1 aromatic carbocycles. The molecule has 2 nitrogen and oxygen atoms in total. The molecule has 0 aliphatic heterocycles. The molecule has 0 heterocycles. The van der Waals surface area contributed by atoms with Gasteiger partial charge in [-0.05, 0) is 18.2 Å². The normalized spacial score (nSPS) is 11.5. The van der Waals surface area contributed by atoms with Crippen LogP contribution in [0.2, 0.25) is 0 Å². The zero-order valence-corrected chi connectivity index (χ0v) is 8.67. The monoisotopic (exact) mass is 198 g/mol. The van der Waals surface area contributed by atoms with Crippen LogP contribution in [-0.2, 0) is 5.41 Å². The summed E-state index contributed by atoms with van der Waals surface area (Å²) in [6.45, 7) is 3.63. The summed E-state index contributed by atoms with van der Waals surface area (Å²) < 4.78 is 18.1. The molecule has 0 unspecified atom stereocenters. The van der Waals surface area contributed by atoms with Crippen molar-refractivity contribution in [3.05, 3.63) is 29.6 Å². The lowest BCUT2D eigenvalue weighted by molar-refractivity contribution is 0.214. The molecule has 1 rings (SSSR count). The highest BCUT2D eigenvalue weighted by molar-refractivity contribution is 5.39. The van der Waals surface area contributed by atoms with Crippen LogP contribution in [0.3, 0.4) is 0 Å². The number of halogens is 1. The Labute approximate surface area is 83.3 Å². The molecule has 0 saturated carbocycles. The number of hydrogen-bond acceptors (Lipinski definition) is 2. The maximum absolute atomic E-state index is 13.0. The van der Waals surface area contributed by atoms with Gasteiger partial charge in [0.2, 0.25) is 0 Å². The molecule has 0 aromatic heterocycles. The van der Waals surface area contributed by atoms with Gasteiger partial charge in [0.05, 0.1) is 13.7 Å². The van der Waals surface area contributed by atoms with Crippen LogP contribution in [-0.4, -0.2) is 18.8 Å². The number of methoxy groups -OCH3 is 1. The fraction of sp³-hybridized carbons (Fsp3) is 0.455. The topological polar surface area (TPSA) is 29.5 Å². The minimum atomic E-state index is -0.493. The second-order valence-corrected chi connectivity index (χ2v) is 3.89. The van der Waals surface area contributed by atoms with E-state index < -0.39 is 5.41 Å². The molecule has 0 atom stereocenters. The van der Waals surface area contributed by atoms with Crippen LogP contribution in [0.15, 0.2) is 18.2 Å². The summed E-state index contributed by atoms with van der Waals surface area (Å²) in [5.41, 5.74) is 0.190. The fourth-order valence-electron chi connectivity index (χ4n) is 1.29. The first-order valence-corrected chi connectivity index (χ1v) is 4.46. The van der Waals surface area contributed by atoms with Crippen molar-refractivity contribution in [2.45, 2.75) is 19.3 Å². The number of hydrogen-bond donors (Lipinski definition) is 1. The van der Waals surface area contributed by atoms with E-state index in [9.17, 15) is 9.50 Å². The smallest absolute Gasteiger partial charge is 0.123 e. The summed E-state index contributed by atoms with van der Waals surface area (Å²) in [6.07, 6.45) is 0. The number of benzene rings is 1. The minimum absolute atomic E-state index is 0.0488. The van der Waals surface area contributed by atoms with Crippen LogP contribution in [0, 0.1) is 5.82 Å². The van der Waals surface area contributed by atoms with Crippen molar-refractivity contribution in [3.8, 4) is 5.75 Å². The molecule has 1 N–H and O–H groups in total. The van der Waals surface area contributed by atoms with E-state index in [1.165, 1.54) is 19.2 Å². The lowest BCUT2D eigenvalue weighted by atomic mass is 9.85.